The lowest BCUT2D eigenvalue weighted by atomic mass is 10.0. The maximum absolute atomic E-state index is 12.9. The minimum absolute atomic E-state index is 0.0777. The fourth-order valence-corrected chi connectivity index (χ4v) is 9.63. The van der Waals surface area contributed by atoms with Gasteiger partial charge in [-0.15, -0.1) is 0 Å². The van der Waals surface area contributed by atoms with Gasteiger partial charge in [-0.3, -0.25) is 14.4 Å². The molecule has 81 heavy (non-hydrogen) atoms. The smallest absolute Gasteiger partial charge is 0.306 e. The Bertz CT molecular complexity index is 1620. The Hall–Kier alpha value is -3.93. The summed E-state index contributed by atoms with van der Waals surface area (Å²) in [5, 5.41) is 0. The van der Waals surface area contributed by atoms with E-state index in [1.807, 2.05) is 0 Å². The van der Waals surface area contributed by atoms with Crippen LogP contribution >= 0.6 is 0 Å². The number of carbonyl (C=O) groups is 3. The number of carbonyl (C=O) groups excluding carboxylic acids is 3. The first-order valence-electron chi connectivity index (χ1n) is 34.4. The summed E-state index contributed by atoms with van der Waals surface area (Å²) >= 11 is 0. The van der Waals surface area contributed by atoms with Crippen LogP contribution in [0.15, 0.2) is 109 Å². The third-order valence-corrected chi connectivity index (χ3v) is 14.8. The predicted molar refractivity (Wildman–Crippen MR) is 353 cm³/mol. The fourth-order valence-electron chi connectivity index (χ4n) is 9.63. The lowest BCUT2D eigenvalue weighted by molar-refractivity contribution is -0.167. The number of esters is 3. The van der Waals surface area contributed by atoms with E-state index in [0.29, 0.717) is 19.3 Å². The summed E-state index contributed by atoms with van der Waals surface area (Å²) < 4.78 is 16.8. The fraction of sp³-hybridized carbons (Fsp3) is 0.720. The number of hydrogen-bond donors (Lipinski definition) is 0. The zero-order valence-corrected chi connectivity index (χ0v) is 53.3. The molecule has 0 radical (unpaired) electrons. The molecule has 1 atom stereocenters. The Morgan fingerprint density at radius 1 is 0.259 bits per heavy atom. The summed E-state index contributed by atoms with van der Waals surface area (Å²) in [6.45, 7) is 6.46. The Morgan fingerprint density at radius 2 is 0.481 bits per heavy atom. The van der Waals surface area contributed by atoms with Crippen molar-refractivity contribution in [3.05, 3.63) is 109 Å². The molecular weight excluding hydrogens is 997 g/mol. The molecule has 0 bridgehead atoms. The Morgan fingerprint density at radius 3 is 0.753 bits per heavy atom. The first-order chi connectivity index (χ1) is 40.0. The van der Waals surface area contributed by atoms with E-state index in [4.69, 9.17) is 14.2 Å². The molecule has 0 N–H and O–H groups in total. The van der Waals surface area contributed by atoms with Crippen LogP contribution in [0.5, 0.6) is 0 Å². The van der Waals surface area contributed by atoms with Crippen LogP contribution in [-0.4, -0.2) is 37.2 Å². The van der Waals surface area contributed by atoms with Gasteiger partial charge in [0.25, 0.3) is 0 Å². The van der Waals surface area contributed by atoms with Gasteiger partial charge in [0, 0.05) is 19.3 Å². The van der Waals surface area contributed by atoms with Crippen LogP contribution < -0.4 is 0 Å². The van der Waals surface area contributed by atoms with Crippen LogP contribution in [0.2, 0.25) is 0 Å². The van der Waals surface area contributed by atoms with E-state index < -0.39 is 6.10 Å². The molecule has 1 unspecified atom stereocenters. The molecule has 0 aromatic rings. The van der Waals surface area contributed by atoms with E-state index in [1.165, 1.54) is 173 Å². The molecule has 0 aromatic heterocycles. The van der Waals surface area contributed by atoms with Gasteiger partial charge >= 0.3 is 17.9 Å². The van der Waals surface area contributed by atoms with Crippen LogP contribution in [0.3, 0.4) is 0 Å². The SMILES string of the molecule is CC/C=C\C/C=C\C/C=C\C/C=C\C/C=C\C/C=C\C/C=C\CCCCCCCCCCCCCC(=O)OCC(COC(=O)CCCCCCC)OC(=O)CCCCCCCCCCCCCCC/C=C\C/C=C\CCCCCCC. The maximum Gasteiger partial charge on any atom is 0.306 e. The zero-order valence-electron chi connectivity index (χ0n) is 53.3. The summed E-state index contributed by atoms with van der Waals surface area (Å²) in [6, 6.07) is 0. The number of allylic oxidation sites excluding steroid dienone is 18. The van der Waals surface area contributed by atoms with E-state index in [9.17, 15) is 14.4 Å². The van der Waals surface area contributed by atoms with Gasteiger partial charge in [0.15, 0.2) is 6.10 Å². The van der Waals surface area contributed by atoms with Gasteiger partial charge in [-0.2, -0.15) is 0 Å². The number of ether oxygens (including phenoxy) is 3. The van der Waals surface area contributed by atoms with Crippen molar-refractivity contribution in [2.45, 2.75) is 335 Å². The second-order valence-corrected chi connectivity index (χ2v) is 22.7. The Labute approximate surface area is 501 Å². The molecule has 0 fully saturated rings. The summed E-state index contributed by atoms with van der Waals surface area (Å²) in [7, 11) is 0. The van der Waals surface area contributed by atoms with E-state index in [0.717, 1.165) is 116 Å². The topological polar surface area (TPSA) is 78.9 Å². The van der Waals surface area contributed by atoms with Gasteiger partial charge in [0.1, 0.15) is 13.2 Å². The predicted octanol–water partition coefficient (Wildman–Crippen LogP) is 23.8. The minimum Gasteiger partial charge on any atom is -0.462 e. The van der Waals surface area contributed by atoms with E-state index in [-0.39, 0.29) is 31.1 Å². The van der Waals surface area contributed by atoms with Gasteiger partial charge in [-0.1, -0.05) is 310 Å². The minimum atomic E-state index is -0.777. The van der Waals surface area contributed by atoms with Crippen molar-refractivity contribution in [2.24, 2.45) is 0 Å². The average molecular weight is 1130 g/mol. The molecule has 0 aromatic carbocycles. The highest BCUT2D eigenvalue weighted by Gasteiger charge is 2.19. The standard InChI is InChI=1S/C75H128O6/c1-4-7-10-13-15-17-19-21-23-25-27-29-31-33-34-35-36-37-38-39-40-42-43-45-47-49-51-53-55-57-59-62-65-68-74(77)80-71-72(70-79-73(76)67-64-61-12-9-6-3)81-75(78)69-66-63-60-58-56-54-52-50-48-46-44-41-32-30-28-26-24-22-20-18-16-14-11-8-5-2/h7,10,15,17,20-23,26-29,33-34,36-37,39-40,72H,4-6,8-9,11-14,16,18-19,24-25,30-32,35,38,41-71H2,1-3H3/b10-7-,17-15-,22-20-,23-21-,28-26-,29-27-,34-33-,37-36-,40-39-. The second kappa shape index (κ2) is 68.6. The molecule has 0 heterocycles. The largest absolute Gasteiger partial charge is 0.462 e. The van der Waals surface area contributed by atoms with Gasteiger partial charge < -0.3 is 14.2 Å². The second-order valence-electron chi connectivity index (χ2n) is 22.7. The third kappa shape index (κ3) is 66.8. The number of unbranched alkanes of at least 4 members (excludes halogenated alkanes) is 33. The maximum atomic E-state index is 12.9. The highest BCUT2D eigenvalue weighted by molar-refractivity contribution is 5.71. The van der Waals surface area contributed by atoms with E-state index in [1.54, 1.807) is 0 Å². The van der Waals surface area contributed by atoms with Crippen molar-refractivity contribution in [3.8, 4) is 0 Å². The molecule has 0 aliphatic carbocycles. The van der Waals surface area contributed by atoms with Crippen molar-refractivity contribution >= 4 is 17.9 Å². The van der Waals surface area contributed by atoms with Crippen LogP contribution in [0.4, 0.5) is 0 Å². The monoisotopic (exact) mass is 1120 g/mol. The zero-order chi connectivity index (χ0) is 58.5. The molecule has 0 amide bonds. The van der Waals surface area contributed by atoms with Crippen LogP contribution in [0.25, 0.3) is 0 Å². The molecule has 0 spiro atoms. The highest BCUT2D eigenvalue weighted by atomic mass is 16.6. The molecule has 464 valence electrons. The van der Waals surface area contributed by atoms with Gasteiger partial charge in [-0.25, -0.2) is 0 Å². The molecule has 0 saturated carbocycles. The molecule has 0 rings (SSSR count). The summed E-state index contributed by atoms with van der Waals surface area (Å²) in [5.74, 6) is -0.885. The lowest BCUT2D eigenvalue weighted by Crippen LogP contribution is -2.30. The first-order valence-corrected chi connectivity index (χ1v) is 34.4. The van der Waals surface area contributed by atoms with Crippen molar-refractivity contribution in [2.75, 3.05) is 13.2 Å². The van der Waals surface area contributed by atoms with Gasteiger partial charge in [-0.05, 0) is 109 Å². The normalized spacial score (nSPS) is 12.8. The van der Waals surface area contributed by atoms with E-state index >= 15 is 0 Å². The quantitative estimate of drug-likeness (QED) is 0.0261. The third-order valence-electron chi connectivity index (χ3n) is 14.8. The number of rotatable bonds is 62. The molecule has 6 nitrogen and oxygen atoms in total. The molecular formula is C75H128O6. The molecule has 6 heteroatoms. The number of hydrogen-bond acceptors (Lipinski definition) is 6. The first kappa shape index (κ1) is 77.1. The van der Waals surface area contributed by atoms with Gasteiger partial charge in [0.2, 0.25) is 0 Å². The Balaban J connectivity index is 4.01. The summed E-state index contributed by atoms with van der Waals surface area (Å²) in [6.07, 6.45) is 94.5. The summed E-state index contributed by atoms with van der Waals surface area (Å²) in [4.78, 5) is 38.0. The Kier molecular flexibility index (Phi) is 65.2. The molecule has 0 aliphatic heterocycles. The van der Waals surface area contributed by atoms with Crippen LogP contribution in [0, 0.1) is 0 Å². The van der Waals surface area contributed by atoms with Crippen molar-refractivity contribution < 1.29 is 28.6 Å². The highest BCUT2D eigenvalue weighted by Crippen LogP contribution is 2.17. The summed E-state index contributed by atoms with van der Waals surface area (Å²) in [5.41, 5.74) is 0. The van der Waals surface area contributed by atoms with Crippen molar-refractivity contribution in [1.82, 2.24) is 0 Å². The molecule has 0 saturated heterocycles. The average Bonchev–Trinajstić information content (AvgIpc) is 3.47. The lowest BCUT2D eigenvalue weighted by Gasteiger charge is -2.18. The van der Waals surface area contributed by atoms with Crippen molar-refractivity contribution in [1.29, 1.82) is 0 Å². The van der Waals surface area contributed by atoms with Crippen LogP contribution in [-0.2, 0) is 28.6 Å². The van der Waals surface area contributed by atoms with Gasteiger partial charge in [0.05, 0.1) is 0 Å². The van der Waals surface area contributed by atoms with Crippen LogP contribution in [0.1, 0.15) is 329 Å². The van der Waals surface area contributed by atoms with Crippen molar-refractivity contribution in [3.63, 3.8) is 0 Å². The van der Waals surface area contributed by atoms with E-state index in [2.05, 4.69) is 130 Å². The molecule has 0 aliphatic rings.